The van der Waals surface area contributed by atoms with E-state index in [1.54, 1.807) is 0 Å². The molecule has 1 atom stereocenters. The quantitative estimate of drug-likeness (QED) is 0.420. The maximum Gasteiger partial charge on any atom is 0.231 e. The Morgan fingerprint density at radius 2 is 1.83 bits per heavy atom. The van der Waals surface area contributed by atoms with Crippen LogP contribution in [-0.2, 0) is 0 Å². The molecule has 2 N–H and O–H groups in total. The summed E-state index contributed by atoms with van der Waals surface area (Å²) in [7, 11) is 0. The highest BCUT2D eigenvalue weighted by atomic mass is 127. The van der Waals surface area contributed by atoms with Crippen molar-refractivity contribution in [3.8, 4) is 11.4 Å². The van der Waals surface area contributed by atoms with E-state index < -0.39 is 0 Å². The van der Waals surface area contributed by atoms with E-state index in [1.165, 1.54) is 0 Å². The van der Waals surface area contributed by atoms with Crippen LogP contribution >= 0.6 is 24.0 Å². The summed E-state index contributed by atoms with van der Waals surface area (Å²) in [5, 5.41) is 10.4. The summed E-state index contributed by atoms with van der Waals surface area (Å²) < 4.78 is 5.36. The van der Waals surface area contributed by atoms with Gasteiger partial charge in [-0.25, -0.2) is 0 Å². The molecule has 0 bridgehead atoms. The number of aliphatic imine (C=N–C) groups is 1. The fourth-order valence-electron chi connectivity index (χ4n) is 1.96. The van der Waals surface area contributed by atoms with Gasteiger partial charge in [0.05, 0.1) is 12.5 Å². The number of guanidine groups is 1. The van der Waals surface area contributed by atoms with Gasteiger partial charge in [0.15, 0.2) is 5.96 Å². The van der Waals surface area contributed by atoms with Crippen molar-refractivity contribution in [3.63, 3.8) is 0 Å². The normalized spacial score (nSPS) is 11.3. The smallest absolute Gasteiger partial charge is 0.231 e. The highest BCUT2D eigenvalue weighted by molar-refractivity contribution is 14.0. The molecule has 6 nitrogen and oxygen atoms in total. The van der Waals surface area contributed by atoms with Gasteiger partial charge < -0.3 is 15.2 Å². The van der Waals surface area contributed by atoms with Crippen LogP contribution in [0.3, 0.4) is 0 Å². The zero-order valence-electron chi connectivity index (χ0n) is 13.7. The summed E-state index contributed by atoms with van der Waals surface area (Å²) in [5.74, 6) is 2.09. The molecule has 23 heavy (non-hydrogen) atoms. The number of halogens is 1. The second kappa shape index (κ2) is 10.2. The minimum atomic E-state index is 0. The molecule has 0 saturated heterocycles. The summed E-state index contributed by atoms with van der Waals surface area (Å²) in [6.45, 7) is 8.37. The second-order valence-corrected chi connectivity index (χ2v) is 4.97. The number of hydrogen-bond acceptors (Lipinski definition) is 4. The van der Waals surface area contributed by atoms with Gasteiger partial charge >= 0.3 is 0 Å². The van der Waals surface area contributed by atoms with Gasteiger partial charge in [-0.1, -0.05) is 42.4 Å². The lowest BCUT2D eigenvalue weighted by Gasteiger charge is -2.10. The van der Waals surface area contributed by atoms with Crippen molar-refractivity contribution in [2.45, 2.75) is 26.7 Å². The number of hydrogen-bond donors (Lipinski definition) is 2. The molecule has 0 aliphatic carbocycles. The Hall–Kier alpha value is -1.64. The molecule has 1 aromatic carbocycles. The van der Waals surface area contributed by atoms with E-state index in [9.17, 15) is 0 Å². The summed E-state index contributed by atoms with van der Waals surface area (Å²) in [6.07, 6.45) is 0. The fourth-order valence-corrected chi connectivity index (χ4v) is 1.96. The topological polar surface area (TPSA) is 75.3 Å². The third-order valence-electron chi connectivity index (χ3n) is 3.11. The molecule has 2 aromatic rings. The van der Waals surface area contributed by atoms with Crippen LogP contribution in [-0.4, -0.2) is 35.7 Å². The van der Waals surface area contributed by atoms with Crippen LogP contribution in [0.25, 0.3) is 11.4 Å². The van der Waals surface area contributed by atoms with Gasteiger partial charge in [-0.05, 0) is 13.8 Å². The van der Waals surface area contributed by atoms with Crippen LogP contribution in [0.1, 0.15) is 32.6 Å². The van der Waals surface area contributed by atoms with Crippen molar-refractivity contribution in [2.75, 3.05) is 19.6 Å². The van der Waals surface area contributed by atoms with Crippen molar-refractivity contribution in [1.29, 1.82) is 0 Å². The molecule has 0 radical (unpaired) electrons. The molecule has 7 heteroatoms. The van der Waals surface area contributed by atoms with E-state index in [-0.39, 0.29) is 29.9 Å². The van der Waals surface area contributed by atoms with Crippen LogP contribution in [0, 0.1) is 0 Å². The Bertz CT molecular complexity index is 592. The lowest BCUT2D eigenvalue weighted by atomic mass is 10.2. The molecule has 126 valence electrons. The molecular weight excluding hydrogens is 405 g/mol. The Balaban J connectivity index is 0.00000264. The number of rotatable bonds is 6. The SMILES string of the molecule is CCNC(=NCC(C)c1nc(-c2ccccc2)no1)NCC.I. The van der Waals surface area contributed by atoms with E-state index >= 15 is 0 Å². The van der Waals surface area contributed by atoms with Crippen LogP contribution in [0.4, 0.5) is 0 Å². The van der Waals surface area contributed by atoms with Crippen LogP contribution in [0.5, 0.6) is 0 Å². The van der Waals surface area contributed by atoms with Gasteiger partial charge in [0.1, 0.15) is 0 Å². The maximum absolute atomic E-state index is 5.36. The molecule has 0 saturated carbocycles. The third kappa shape index (κ3) is 5.81. The Morgan fingerprint density at radius 3 is 2.43 bits per heavy atom. The molecule has 2 rings (SSSR count). The number of benzene rings is 1. The van der Waals surface area contributed by atoms with Crippen molar-refractivity contribution >= 4 is 29.9 Å². The predicted molar refractivity (Wildman–Crippen MR) is 103 cm³/mol. The third-order valence-corrected chi connectivity index (χ3v) is 3.11. The van der Waals surface area contributed by atoms with Crippen molar-refractivity contribution in [3.05, 3.63) is 36.2 Å². The molecule has 0 aliphatic heterocycles. The molecule has 1 unspecified atom stereocenters. The summed E-state index contributed by atoms with van der Waals surface area (Å²) in [6, 6.07) is 9.80. The number of nitrogens with one attached hydrogen (secondary N) is 2. The first-order valence-corrected chi connectivity index (χ1v) is 7.65. The van der Waals surface area contributed by atoms with E-state index in [1.807, 2.05) is 51.1 Å². The van der Waals surface area contributed by atoms with Crippen LogP contribution in [0.2, 0.25) is 0 Å². The Kier molecular flexibility index (Phi) is 8.60. The van der Waals surface area contributed by atoms with Crippen molar-refractivity contribution < 1.29 is 4.52 Å². The maximum atomic E-state index is 5.36. The summed E-state index contributed by atoms with van der Waals surface area (Å²) >= 11 is 0. The highest BCUT2D eigenvalue weighted by Crippen LogP contribution is 2.19. The molecule has 0 spiro atoms. The Morgan fingerprint density at radius 1 is 1.17 bits per heavy atom. The van der Waals surface area contributed by atoms with Crippen LogP contribution < -0.4 is 10.6 Å². The molecule has 1 aromatic heterocycles. The molecule has 0 aliphatic rings. The average molecular weight is 429 g/mol. The zero-order chi connectivity index (χ0) is 15.8. The largest absolute Gasteiger partial charge is 0.357 e. The summed E-state index contributed by atoms with van der Waals surface area (Å²) in [5.41, 5.74) is 0.953. The number of nitrogens with zero attached hydrogens (tertiary/aromatic N) is 3. The monoisotopic (exact) mass is 429 g/mol. The second-order valence-electron chi connectivity index (χ2n) is 4.97. The molecule has 0 fully saturated rings. The van der Waals surface area contributed by atoms with E-state index in [2.05, 4.69) is 25.8 Å². The van der Waals surface area contributed by atoms with E-state index in [0.717, 1.165) is 24.6 Å². The van der Waals surface area contributed by atoms with Gasteiger partial charge in [-0.2, -0.15) is 4.98 Å². The number of aromatic nitrogens is 2. The average Bonchev–Trinajstić information content (AvgIpc) is 3.04. The van der Waals surface area contributed by atoms with Gasteiger partial charge in [-0.15, -0.1) is 24.0 Å². The lowest BCUT2D eigenvalue weighted by Crippen LogP contribution is -2.37. The molecule has 1 heterocycles. The first-order chi connectivity index (χ1) is 10.7. The Labute approximate surface area is 154 Å². The first-order valence-electron chi connectivity index (χ1n) is 7.65. The van der Waals surface area contributed by atoms with Crippen molar-refractivity contribution in [1.82, 2.24) is 20.8 Å². The minimum absolute atomic E-state index is 0. The summed E-state index contributed by atoms with van der Waals surface area (Å²) in [4.78, 5) is 8.99. The predicted octanol–water partition coefficient (Wildman–Crippen LogP) is 3.03. The first kappa shape index (κ1) is 19.4. The van der Waals surface area contributed by atoms with Crippen molar-refractivity contribution in [2.24, 2.45) is 4.99 Å². The van der Waals surface area contributed by atoms with Gasteiger partial charge in [0.25, 0.3) is 0 Å². The van der Waals surface area contributed by atoms with Gasteiger partial charge in [0.2, 0.25) is 11.7 Å². The van der Waals surface area contributed by atoms with E-state index in [0.29, 0.717) is 18.3 Å². The lowest BCUT2D eigenvalue weighted by molar-refractivity contribution is 0.361. The van der Waals surface area contributed by atoms with E-state index in [4.69, 9.17) is 4.52 Å². The highest BCUT2D eigenvalue weighted by Gasteiger charge is 2.15. The molecule has 0 amide bonds. The van der Waals surface area contributed by atoms with Crippen LogP contribution in [0.15, 0.2) is 39.8 Å². The standard InChI is InChI=1S/C16H23N5O.HI/c1-4-17-16(18-5-2)19-11-12(3)15-20-14(21-22-15)13-9-7-6-8-10-13;/h6-10,12H,4-5,11H2,1-3H3,(H2,17,18,19);1H. The van der Waals surface area contributed by atoms with Gasteiger partial charge in [0, 0.05) is 18.7 Å². The zero-order valence-corrected chi connectivity index (χ0v) is 16.1. The molecular formula is C16H24IN5O. The fraction of sp³-hybridized carbons (Fsp3) is 0.438. The minimum Gasteiger partial charge on any atom is -0.357 e. The van der Waals surface area contributed by atoms with Gasteiger partial charge in [-0.3, -0.25) is 4.99 Å².